The summed E-state index contributed by atoms with van der Waals surface area (Å²) >= 11 is 0. The van der Waals surface area contributed by atoms with Crippen LogP contribution in [0.4, 0.5) is 0 Å². The maximum atomic E-state index is 6.24. The van der Waals surface area contributed by atoms with Gasteiger partial charge in [-0.1, -0.05) is 43.2 Å². The molecule has 2 heteroatoms. The maximum absolute atomic E-state index is 6.24. The van der Waals surface area contributed by atoms with Gasteiger partial charge in [0.2, 0.25) is 0 Å². The molecule has 0 saturated heterocycles. The van der Waals surface area contributed by atoms with Crippen molar-refractivity contribution in [3.05, 3.63) is 59.7 Å². The largest absolute Gasteiger partial charge is 0.490 e. The molecule has 2 unspecified atom stereocenters. The predicted molar refractivity (Wildman–Crippen MR) is 98.6 cm³/mol. The Morgan fingerprint density at radius 3 is 2.58 bits per heavy atom. The van der Waals surface area contributed by atoms with E-state index >= 15 is 0 Å². The third kappa shape index (κ3) is 5.02. The van der Waals surface area contributed by atoms with Gasteiger partial charge < -0.3 is 9.47 Å². The van der Waals surface area contributed by atoms with Gasteiger partial charge in [-0.3, -0.25) is 0 Å². The second-order valence-electron chi connectivity index (χ2n) is 7.10. The van der Waals surface area contributed by atoms with Crippen LogP contribution in [-0.4, -0.2) is 6.10 Å². The van der Waals surface area contributed by atoms with Crippen LogP contribution in [0.2, 0.25) is 0 Å². The van der Waals surface area contributed by atoms with Crippen LogP contribution in [0.5, 0.6) is 11.5 Å². The molecule has 2 nitrogen and oxygen atoms in total. The van der Waals surface area contributed by atoms with Crippen LogP contribution >= 0.6 is 0 Å². The van der Waals surface area contributed by atoms with Gasteiger partial charge in [0.15, 0.2) is 0 Å². The highest BCUT2D eigenvalue weighted by Crippen LogP contribution is 2.26. The van der Waals surface area contributed by atoms with Crippen LogP contribution in [0.15, 0.2) is 48.5 Å². The second-order valence-corrected chi connectivity index (χ2v) is 7.10. The van der Waals surface area contributed by atoms with Crippen molar-refractivity contribution in [2.24, 2.45) is 5.92 Å². The van der Waals surface area contributed by atoms with Crippen molar-refractivity contribution in [3.63, 3.8) is 0 Å². The molecule has 0 spiro atoms. The topological polar surface area (TPSA) is 18.5 Å². The van der Waals surface area contributed by atoms with Crippen molar-refractivity contribution in [1.82, 2.24) is 0 Å². The third-order valence-electron chi connectivity index (χ3n) is 4.83. The molecule has 2 aromatic carbocycles. The Kier molecular flexibility index (Phi) is 5.79. The molecule has 1 aliphatic rings. The molecule has 0 radical (unpaired) electrons. The molecule has 0 aliphatic heterocycles. The molecule has 2 aromatic rings. The number of hydrogen-bond donors (Lipinski definition) is 0. The van der Waals surface area contributed by atoms with Crippen LogP contribution in [0.1, 0.15) is 50.2 Å². The first kappa shape index (κ1) is 16.9. The summed E-state index contributed by atoms with van der Waals surface area (Å²) in [5.41, 5.74) is 2.39. The summed E-state index contributed by atoms with van der Waals surface area (Å²) in [4.78, 5) is 0. The molecule has 0 bridgehead atoms. The Morgan fingerprint density at radius 2 is 1.75 bits per heavy atom. The first-order chi connectivity index (χ1) is 11.7. The highest BCUT2D eigenvalue weighted by molar-refractivity contribution is 5.30. The van der Waals surface area contributed by atoms with E-state index in [0.717, 1.165) is 23.0 Å². The smallest absolute Gasteiger partial charge is 0.120 e. The standard InChI is InChI=1S/C22H28O2/c1-17-5-3-7-21(14-11-17)24-22-8-4-6-19(15-22)16-23-20-12-9-18(2)10-13-20/h4,6,8-10,12-13,15,17,21H,3,5,7,11,14,16H2,1-2H3. The van der Waals surface area contributed by atoms with E-state index in [4.69, 9.17) is 9.47 Å². The molecule has 0 N–H and O–H groups in total. The average Bonchev–Trinajstić information content (AvgIpc) is 2.79. The van der Waals surface area contributed by atoms with Crippen LogP contribution in [0, 0.1) is 12.8 Å². The highest BCUT2D eigenvalue weighted by atomic mass is 16.5. The average molecular weight is 324 g/mol. The molecule has 2 atom stereocenters. The molecule has 3 rings (SSSR count). The molecule has 1 aliphatic carbocycles. The minimum atomic E-state index is 0.364. The lowest BCUT2D eigenvalue weighted by atomic mass is 10.0. The fourth-order valence-electron chi connectivity index (χ4n) is 3.27. The van der Waals surface area contributed by atoms with Crippen molar-refractivity contribution >= 4 is 0 Å². The zero-order valence-corrected chi connectivity index (χ0v) is 14.8. The highest BCUT2D eigenvalue weighted by Gasteiger charge is 2.17. The van der Waals surface area contributed by atoms with Gasteiger partial charge in [0, 0.05) is 0 Å². The molecule has 1 fully saturated rings. The van der Waals surface area contributed by atoms with E-state index in [1.54, 1.807) is 0 Å². The van der Waals surface area contributed by atoms with Gasteiger partial charge in [-0.25, -0.2) is 0 Å². The molecule has 0 amide bonds. The van der Waals surface area contributed by atoms with Crippen molar-refractivity contribution in [3.8, 4) is 11.5 Å². The van der Waals surface area contributed by atoms with E-state index in [1.807, 2.05) is 12.1 Å². The quantitative estimate of drug-likeness (QED) is 0.635. The lowest BCUT2D eigenvalue weighted by molar-refractivity contribution is 0.182. The summed E-state index contributed by atoms with van der Waals surface area (Å²) in [6, 6.07) is 16.5. The molecule has 1 saturated carbocycles. The maximum Gasteiger partial charge on any atom is 0.120 e. The predicted octanol–water partition coefficient (Wildman–Crippen LogP) is 5.92. The zero-order chi connectivity index (χ0) is 16.8. The Morgan fingerprint density at radius 1 is 0.917 bits per heavy atom. The van der Waals surface area contributed by atoms with E-state index in [0.29, 0.717) is 12.7 Å². The first-order valence-electron chi connectivity index (χ1n) is 9.14. The van der Waals surface area contributed by atoms with Gasteiger partial charge >= 0.3 is 0 Å². The monoisotopic (exact) mass is 324 g/mol. The minimum absolute atomic E-state index is 0.364. The number of ether oxygens (including phenoxy) is 2. The van der Waals surface area contributed by atoms with E-state index in [-0.39, 0.29) is 0 Å². The molecule has 0 heterocycles. The fraction of sp³-hybridized carbons (Fsp3) is 0.455. The normalized spacial score (nSPS) is 21.1. The first-order valence-corrected chi connectivity index (χ1v) is 9.14. The van der Waals surface area contributed by atoms with Crippen molar-refractivity contribution in [2.45, 2.75) is 58.7 Å². The van der Waals surface area contributed by atoms with Crippen molar-refractivity contribution in [2.75, 3.05) is 0 Å². The van der Waals surface area contributed by atoms with Crippen molar-refractivity contribution < 1.29 is 9.47 Å². The van der Waals surface area contributed by atoms with Crippen LogP contribution in [0.25, 0.3) is 0 Å². The van der Waals surface area contributed by atoms with E-state index < -0.39 is 0 Å². The molecular formula is C22H28O2. The van der Waals surface area contributed by atoms with E-state index in [1.165, 1.54) is 37.7 Å². The lowest BCUT2D eigenvalue weighted by Gasteiger charge is -2.18. The fourth-order valence-corrected chi connectivity index (χ4v) is 3.27. The van der Waals surface area contributed by atoms with E-state index in [2.05, 4.69) is 50.2 Å². The number of benzene rings is 2. The lowest BCUT2D eigenvalue weighted by Crippen LogP contribution is -2.15. The second kappa shape index (κ2) is 8.23. The van der Waals surface area contributed by atoms with Crippen LogP contribution < -0.4 is 9.47 Å². The number of hydrogen-bond acceptors (Lipinski definition) is 2. The number of rotatable bonds is 5. The summed E-state index contributed by atoms with van der Waals surface area (Å²) in [5.74, 6) is 2.72. The summed E-state index contributed by atoms with van der Waals surface area (Å²) in [6.45, 7) is 5.01. The SMILES string of the molecule is Cc1ccc(OCc2cccc(OC3CCCC(C)CC3)c2)cc1. The zero-order valence-electron chi connectivity index (χ0n) is 14.8. The minimum Gasteiger partial charge on any atom is -0.490 e. The summed E-state index contributed by atoms with van der Waals surface area (Å²) in [5, 5.41) is 0. The Hall–Kier alpha value is -1.96. The number of aryl methyl sites for hydroxylation is 1. The van der Waals surface area contributed by atoms with Crippen molar-refractivity contribution in [1.29, 1.82) is 0 Å². The molecule has 0 aromatic heterocycles. The Labute approximate surface area is 145 Å². The molecular weight excluding hydrogens is 296 g/mol. The van der Waals surface area contributed by atoms with Crippen LogP contribution in [0.3, 0.4) is 0 Å². The van der Waals surface area contributed by atoms with E-state index in [9.17, 15) is 0 Å². The third-order valence-corrected chi connectivity index (χ3v) is 4.83. The van der Waals surface area contributed by atoms with Gasteiger partial charge in [0.05, 0.1) is 6.10 Å². The van der Waals surface area contributed by atoms with Gasteiger partial charge in [-0.2, -0.15) is 0 Å². The Balaban J connectivity index is 1.56. The van der Waals surface area contributed by atoms with Gasteiger partial charge in [-0.05, 0) is 68.4 Å². The summed E-state index contributed by atoms with van der Waals surface area (Å²) < 4.78 is 12.1. The Bertz CT molecular complexity index is 633. The summed E-state index contributed by atoms with van der Waals surface area (Å²) in [6.07, 6.45) is 6.61. The van der Waals surface area contributed by atoms with Gasteiger partial charge in [-0.15, -0.1) is 0 Å². The summed E-state index contributed by atoms with van der Waals surface area (Å²) in [7, 11) is 0. The van der Waals surface area contributed by atoms with Gasteiger partial charge in [0.1, 0.15) is 18.1 Å². The van der Waals surface area contributed by atoms with Crippen LogP contribution in [-0.2, 0) is 6.61 Å². The molecule has 128 valence electrons. The molecule has 24 heavy (non-hydrogen) atoms. The van der Waals surface area contributed by atoms with Gasteiger partial charge in [0.25, 0.3) is 0 Å².